The van der Waals surface area contributed by atoms with Crippen molar-refractivity contribution in [2.75, 3.05) is 13.1 Å². The summed E-state index contributed by atoms with van der Waals surface area (Å²) < 4.78 is 0. The van der Waals surface area contributed by atoms with Crippen LogP contribution in [0.25, 0.3) is 0 Å². The van der Waals surface area contributed by atoms with Crippen molar-refractivity contribution < 1.29 is 0 Å². The summed E-state index contributed by atoms with van der Waals surface area (Å²) in [5.41, 5.74) is 3.26. The Labute approximate surface area is 142 Å². The van der Waals surface area contributed by atoms with Crippen molar-refractivity contribution in [3.63, 3.8) is 0 Å². The number of benzene rings is 2. The number of rotatable bonds is 4. The molecule has 2 aromatic carbocycles. The van der Waals surface area contributed by atoms with Crippen LogP contribution in [0.15, 0.2) is 60.7 Å². The summed E-state index contributed by atoms with van der Waals surface area (Å²) in [5.74, 6) is 0. The molecule has 23 heavy (non-hydrogen) atoms. The molecule has 0 amide bonds. The van der Waals surface area contributed by atoms with Crippen LogP contribution >= 0.6 is 0 Å². The van der Waals surface area contributed by atoms with Gasteiger partial charge < -0.3 is 5.32 Å². The van der Waals surface area contributed by atoms with Gasteiger partial charge in [0, 0.05) is 5.41 Å². The maximum atomic E-state index is 3.11. The molecule has 0 saturated heterocycles. The molecule has 0 aromatic heterocycles. The topological polar surface area (TPSA) is 12.0 Å². The molecule has 0 spiro atoms. The van der Waals surface area contributed by atoms with Crippen LogP contribution in [0.2, 0.25) is 0 Å². The van der Waals surface area contributed by atoms with Crippen LogP contribution in [0.4, 0.5) is 0 Å². The minimum atomic E-state index is 0.265. The van der Waals surface area contributed by atoms with E-state index in [-0.39, 0.29) is 5.41 Å². The Bertz CT molecular complexity index is 483. The lowest BCUT2D eigenvalue weighted by molar-refractivity contribution is 0.346. The van der Waals surface area contributed by atoms with Crippen molar-refractivity contribution in [2.45, 2.75) is 51.4 Å². The highest BCUT2D eigenvalue weighted by Crippen LogP contribution is 2.44. The standard InChI is InChI=1S/C18H20.C4H11N/c1-4-10-16(11-5-1)18(14-8-3-9-15-18)17-12-6-2-7-13-17;1-3-5-4-2/h1-2,4-7,10-13H,3,8-9,14-15H2;5H,3-4H2,1-2H3. The molecule has 2 aromatic rings. The highest BCUT2D eigenvalue weighted by molar-refractivity contribution is 5.39. The van der Waals surface area contributed by atoms with Gasteiger partial charge in [0.15, 0.2) is 0 Å². The molecule has 3 rings (SSSR count). The largest absolute Gasteiger partial charge is 0.317 e. The van der Waals surface area contributed by atoms with Gasteiger partial charge in [-0.05, 0) is 37.1 Å². The van der Waals surface area contributed by atoms with Gasteiger partial charge in [-0.2, -0.15) is 0 Å². The lowest BCUT2D eigenvalue weighted by atomic mass is 9.65. The molecular formula is C22H31N. The molecule has 0 unspecified atom stereocenters. The molecule has 1 aliphatic rings. The summed E-state index contributed by atoms with van der Waals surface area (Å²) in [4.78, 5) is 0. The summed E-state index contributed by atoms with van der Waals surface area (Å²) in [6.07, 6.45) is 6.68. The fourth-order valence-electron chi connectivity index (χ4n) is 3.66. The van der Waals surface area contributed by atoms with Crippen molar-refractivity contribution in [1.82, 2.24) is 5.32 Å². The quantitative estimate of drug-likeness (QED) is 0.780. The molecule has 0 heterocycles. The zero-order valence-corrected chi connectivity index (χ0v) is 14.7. The summed E-state index contributed by atoms with van der Waals surface area (Å²) in [7, 11) is 0. The zero-order valence-electron chi connectivity index (χ0n) is 14.7. The van der Waals surface area contributed by atoms with E-state index < -0.39 is 0 Å². The zero-order chi connectivity index (χ0) is 16.4. The second-order valence-corrected chi connectivity index (χ2v) is 6.33. The summed E-state index contributed by atoms with van der Waals surface area (Å²) in [5, 5.41) is 3.11. The van der Waals surface area contributed by atoms with Crippen molar-refractivity contribution in [2.24, 2.45) is 0 Å². The van der Waals surface area contributed by atoms with Gasteiger partial charge >= 0.3 is 0 Å². The van der Waals surface area contributed by atoms with E-state index in [4.69, 9.17) is 0 Å². The second kappa shape index (κ2) is 9.52. The molecule has 1 saturated carbocycles. The maximum Gasteiger partial charge on any atom is 0.0202 e. The minimum absolute atomic E-state index is 0.265. The highest BCUT2D eigenvalue weighted by Gasteiger charge is 2.35. The van der Waals surface area contributed by atoms with E-state index in [0.29, 0.717) is 0 Å². The van der Waals surface area contributed by atoms with Gasteiger partial charge in [-0.1, -0.05) is 93.8 Å². The predicted molar refractivity (Wildman–Crippen MR) is 101 cm³/mol. The van der Waals surface area contributed by atoms with Crippen LogP contribution < -0.4 is 5.32 Å². The third-order valence-corrected chi connectivity index (χ3v) is 4.86. The molecule has 1 N–H and O–H groups in total. The predicted octanol–water partition coefficient (Wildman–Crippen LogP) is 5.55. The Morgan fingerprint density at radius 2 is 1.13 bits per heavy atom. The monoisotopic (exact) mass is 309 g/mol. The van der Waals surface area contributed by atoms with Crippen LogP contribution in [-0.2, 0) is 5.41 Å². The Morgan fingerprint density at radius 3 is 1.48 bits per heavy atom. The normalized spacial score (nSPS) is 16.3. The SMILES string of the molecule is CCNCC.c1ccc(C2(c3ccccc3)CCCCC2)cc1. The number of hydrogen-bond acceptors (Lipinski definition) is 1. The van der Waals surface area contributed by atoms with Gasteiger partial charge in [0.05, 0.1) is 0 Å². The average Bonchev–Trinajstić information content (AvgIpc) is 2.65. The van der Waals surface area contributed by atoms with E-state index in [9.17, 15) is 0 Å². The van der Waals surface area contributed by atoms with E-state index in [0.717, 1.165) is 13.1 Å². The van der Waals surface area contributed by atoms with Crippen LogP contribution in [0, 0.1) is 0 Å². The maximum absolute atomic E-state index is 3.11. The molecule has 0 radical (unpaired) electrons. The van der Waals surface area contributed by atoms with Gasteiger partial charge in [0.25, 0.3) is 0 Å². The lowest BCUT2D eigenvalue weighted by Crippen LogP contribution is -2.30. The first-order chi connectivity index (χ1) is 11.3. The van der Waals surface area contributed by atoms with Crippen molar-refractivity contribution >= 4 is 0 Å². The fraction of sp³-hybridized carbons (Fsp3) is 0.455. The second-order valence-electron chi connectivity index (χ2n) is 6.33. The minimum Gasteiger partial charge on any atom is -0.317 e. The Morgan fingerprint density at radius 1 is 0.696 bits per heavy atom. The third kappa shape index (κ3) is 4.68. The van der Waals surface area contributed by atoms with E-state index >= 15 is 0 Å². The number of hydrogen-bond donors (Lipinski definition) is 1. The first-order valence-electron chi connectivity index (χ1n) is 9.15. The Hall–Kier alpha value is -1.60. The molecule has 0 atom stereocenters. The van der Waals surface area contributed by atoms with Gasteiger partial charge in [0.1, 0.15) is 0 Å². The van der Waals surface area contributed by atoms with Crippen LogP contribution in [0.5, 0.6) is 0 Å². The molecule has 1 heteroatoms. The third-order valence-electron chi connectivity index (χ3n) is 4.86. The smallest absolute Gasteiger partial charge is 0.0202 e. The van der Waals surface area contributed by atoms with Crippen molar-refractivity contribution in [3.8, 4) is 0 Å². The fourth-order valence-corrected chi connectivity index (χ4v) is 3.66. The summed E-state index contributed by atoms with van der Waals surface area (Å²) >= 11 is 0. The van der Waals surface area contributed by atoms with E-state index in [1.165, 1.54) is 43.2 Å². The van der Waals surface area contributed by atoms with Crippen LogP contribution in [0.1, 0.15) is 57.1 Å². The van der Waals surface area contributed by atoms with Crippen molar-refractivity contribution in [3.05, 3.63) is 71.8 Å². The van der Waals surface area contributed by atoms with E-state index in [1.807, 2.05) is 0 Å². The summed E-state index contributed by atoms with van der Waals surface area (Å²) in [6, 6.07) is 22.1. The van der Waals surface area contributed by atoms with Gasteiger partial charge in [-0.15, -0.1) is 0 Å². The van der Waals surface area contributed by atoms with Crippen LogP contribution in [0.3, 0.4) is 0 Å². The van der Waals surface area contributed by atoms with E-state index in [1.54, 1.807) is 0 Å². The van der Waals surface area contributed by atoms with Gasteiger partial charge in [-0.25, -0.2) is 0 Å². The first-order valence-corrected chi connectivity index (χ1v) is 9.15. The molecular weight excluding hydrogens is 278 g/mol. The molecule has 0 bridgehead atoms. The molecule has 0 aliphatic heterocycles. The van der Waals surface area contributed by atoms with E-state index in [2.05, 4.69) is 79.8 Å². The molecule has 1 nitrogen and oxygen atoms in total. The Balaban J connectivity index is 0.000000338. The molecule has 1 aliphatic carbocycles. The van der Waals surface area contributed by atoms with Gasteiger partial charge in [0.2, 0.25) is 0 Å². The molecule has 1 fully saturated rings. The highest BCUT2D eigenvalue weighted by atomic mass is 14.8. The van der Waals surface area contributed by atoms with Gasteiger partial charge in [-0.3, -0.25) is 0 Å². The molecule has 124 valence electrons. The summed E-state index contributed by atoms with van der Waals surface area (Å²) in [6.45, 7) is 6.39. The number of nitrogens with one attached hydrogen (secondary N) is 1. The average molecular weight is 309 g/mol. The van der Waals surface area contributed by atoms with Crippen LogP contribution in [-0.4, -0.2) is 13.1 Å². The van der Waals surface area contributed by atoms with Crippen molar-refractivity contribution in [1.29, 1.82) is 0 Å². The Kier molecular flexibility index (Phi) is 7.35. The first kappa shape index (κ1) is 17.7. The lowest BCUT2D eigenvalue weighted by Gasteiger charge is -2.38.